The van der Waals surface area contributed by atoms with Crippen LogP contribution in [0.5, 0.6) is 0 Å². The molecule has 0 spiro atoms. The molecule has 25 heavy (non-hydrogen) atoms. The summed E-state index contributed by atoms with van der Waals surface area (Å²) >= 11 is 0. The maximum absolute atomic E-state index is 4.63. The lowest BCUT2D eigenvalue weighted by Crippen LogP contribution is -2.34. The number of aliphatic imine (C=N–C) groups is 1. The average Bonchev–Trinajstić information content (AvgIpc) is 2.88. The number of nitrogens with zero attached hydrogens (tertiary/aromatic N) is 2. The predicted octanol–water partition coefficient (Wildman–Crippen LogP) is 5.18. The van der Waals surface area contributed by atoms with E-state index >= 15 is 0 Å². The molecule has 0 bridgehead atoms. The average molecular weight is 332 g/mol. The summed E-state index contributed by atoms with van der Waals surface area (Å²) in [5.74, 6) is 2.08. The highest BCUT2D eigenvalue weighted by Gasteiger charge is 2.49. The van der Waals surface area contributed by atoms with Crippen molar-refractivity contribution in [3.05, 3.63) is 59.5 Å². The molecule has 2 unspecified atom stereocenters. The van der Waals surface area contributed by atoms with Gasteiger partial charge in [0.1, 0.15) is 0 Å². The van der Waals surface area contributed by atoms with Crippen LogP contribution in [-0.2, 0) is 0 Å². The van der Waals surface area contributed by atoms with Crippen molar-refractivity contribution in [3.8, 4) is 0 Å². The van der Waals surface area contributed by atoms with Crippen LogP contribution in [0.4, 0.5) is 0 Å². The maximum atomic E-state index is 4.63. The van der Waals surface area contributed by atoms with Crippen molar-refractivity contribution >= 4 is 6.21 Å². The van der Waals surface area contributed by atoms with E-state index in [1.54, 1.807) is 22.5 Å². The highest BCUT2D eigenvalue weighted by Crippen LogP contribution is 2.55. The minimum absolute atomic E-state index is 0.556. The summed E-state index contributed by atoms with van der Waals surface area (Å²) in [5, 5.41) is 0. The van der Waals surface area contributed by atoms with Crippen molar-refractivity contribution < 1.29 is 0 Å². The number of hydrogen-bond donors (Lipinski definition) is 0. The summed E-state index contributed by atoms with van der Waals surface area (Å²) in [4.78, 5) is 7.40. The van der Waals surface area contributed by atoms with Gasteiger partial charge in [-0.25, -0.2) is 0 Å². The SMILES string of the molecule is C=CCCC1CC[C@H]2C3=C1CC=C1C=CCCC1N3C1=CC=NC[C@@H]12. The minimum Gasteiger partial charge on any atom is -0.341 e. The highest BCUT2D eigenvalue weighted by atomic mass is 15.2. The summed E-state index contributed by atoms with van der Waals surface area (Å²) < 4.78 is 0. The quantitative estimate of drug-likeness (QED) is 0.650. The van der Waals surface area contributed by atoms with Crippen molar-refractivity contribution in [2.24, 2.45) is 22.7 Å². The van der Waals surface area contributed by atoms with E-state index in [0.717, 1.165) is 25.3 Å². The van der Waals surface area contributed by atoms with Crippen LogP contribution in [0.15, 0.2) is 64.5 Å². The third-order valence-electron chi connectivity index (χ3n) is 6.95. The second kappa shape index (κ2) is 6.16. The molecule has 0 aromatic heterocycles. The lowest BCUT2D eigenvalue weighted by atomic mass is 9.73. The van der Waals surface area contributed by atoms with Crippen molar-refractivity contribution in [1.82, 2.24) is 4.90 Å². The van der Waals surface area contributed by atoms with Crippen LogP contribution in [0, 0.1) is 17.8 Å². The van der Waals surface area contributed by atoms with Crippen molar-refractivity contribution in [3.63, 3.8) is 0 Å². The normalized spacial score (nSPS) is 35.4. The Morgan fingerprint density at radius 1 is 1.24 bits per heavy atom. The zero-order chi connectivity index (χ0) is 16.8. The van der Waals surface area contributed by atoms with E-state index < -0.39 is 0 Å². The van der Waals surface area contributed by atoms with Crippen LogP contribution in [-0.4, -0.2) is 23.7 Å². The molecule has 0 radical (unpaired) electrons. The summed E-state index contributed by atoms with van der Waals surface area (Å²) in [6, 6.07) is 0.556. The number of allylic oxidation sites excluding steroid dienone is 6. The van der Waals surface area contributed by atoms with Crippen LogP contribution in [0.3, 0.4) is 0 Å². The van der Waals surface area contributed by atoms with Crippen molar-refractivity contribution in [2.45, 2.75) is 51.0 Å². The molecule has 0 aromatic rings. The van der Waals surface area contributed by atoms with Gasteiger partial charge in [-0.2, -0.15) is 0 Å². The van der Waals surface area contributed by atoms with Crippen molar-refractivity contribution in [2.75, 3.05) is 6.54 Å². The number of rotatable bonds is 3. The molecule has 2 aliphatic carbocycles. The maximum Gasteiger partial charge on any atom is 0.0585 e. The Balaban J connectivity index is 1.64. The minimum atomic E-state index is 0.556. The second-order valence-corrected chi connectivity index (χ2v) is 8.14. The molecule has 3 heterocycles. The smallest absolute Gasteiger partial charge is 0.0585 e. The first kappa shape index (κ1) is 15.4. The van der Waals surface area contributed by atoms with Gasteiger partial charge in [-0.15, -0.1) is 6.58 Å². The highest BCUT2D eigenvalue weighted by molar-refractivity contribution is 5.74. The molecule has 5 rings (SSSR count). The van der Waals surface area contributed by atoms with Crippen LogP contribution in [0.2, 0.25) is 0 Å². The Kier molecular flexibility index (Phi) is 3.80. The topological polar surface area (TPSA) is 15.6 Å². The second-order valence-electron chi connectivity index (χ2n) is 8.14. The molecule has 0 amide bonds. The summed E-state index contributed by atoms with van der Waals surface area (Å²) in [6.45, 7) is 4.94. The molecular weight excluding hydrogens is 304 g/mol. The fourth-order valence-electron chi connectivity index (χ4n) is 5.83. The number of dihydropyridines is 1. The fourth-order valence-corrected chi connectivity index (χ4v) is 5.83. The summed E-state index contributed by atoms with van der Waals surface area (Å²) in [7, 11) is 0. The van der Waals surface area contributed by atoms with E-state index in [1.165, 1.54) is 32.1 Å². The van der Waals surface area contributed by atoms with Gasteiger partial charge in [-0.3, -0.25) is 4.99 Å². The lowest BCUT2D eigenvalue weighted by Gasteiger charge is -2.37. The van der Waals surface area contributed by atoms with E-state index in [-0.39, 0.29) is 0 Å². The summed E-state index contributed by atoms with van der Waals surface area (Å²) in [5.41, 5.74) is 6.55. The van der Waals surface area contributed by atoms with E-state index in [2.05, 4.69) is 46.9 Å². The molecule has 1 saturated heterocycles. The molecule has 2 nitrogen and oxygen atoms in total. The standard InChI is InChI=1S/C23H28N2/c1-2-3-6-16-9-12-19-20-15-24-14-13-22(20)25-21-8-5-4-7-17(21)10-11-18(16)23(19)25/h2,4,7,10,13-14,16,19-21H,1,3,5-6,8-9,11-12,15H2/t16?,19-,20-,21?/m1/s1. The van der Waals surface area contributed by atoms with Gasteiger partial charge in [0.25, 0.3) is 0 Å². The largest absolute Gasteiger partial charge is 0.341 e. The van der Waals surface area contributed by atoms with E-state index in [0.29, 0.717) is 17.9 Å². The fraction of sp³-hybridized carbons (Fsp3) is 0.522. The van der Waals surface area contributed by atoms with E-state index in [9.17, 15) is 0 Å². The Bertz CT molecular complexity index is 733. The Morgan fingerprint density at radius 3 is 3.12 bits per heavy atom. The third kappa shape index (κ3) is 2.33. The lowest BCUT2D eigenvalue weighted by molar-refractivity contribution is 0.314. The van der Waals surface area contributed by atoms with Crippen LogP contribution >= 0.6 is 0 Å². The molecule has 0 saturated carbocycles. The monoisotopic (exact) mass is 332 g/mol. The summed E-state index contributed by atoms with van der Waals surface area (Å²) in [6.07, 6.45) is 22.5. The molecule has 0 aromatic carbocycles. The number of hydrogen-bond acceptors (Lipinski definition) is 2. The van der Waals surface area contributed by atoms with E-state index in [4.69, 9.17) is 0 Å². The van der Waals surface area contributed by atoms with Gasteiger partial charge in [0.05, 0.1) is 6.04 Å². The van der Waals surface area contributed by atoms with Gasteiger partial charge in [0.15, 0.2) is 0 Å². The first-order valence-corrected chi connectivity index (χ1v) is 10.1. The molecule has 4 atom stereocenters. The zero-order valence-electron chi connectivity index (χ0n) is 15.0. The molecule has 3 aliphatic heterocycles. The third-order valence-corrected chi connectivity index (χ3v) is 6.95. The Labute approximate surface area is 151 Å². The number of fused-ring (bicyclic) bond motifs is 5. The Morgan fingerprint density at radius 2 is 2.20 bits per heavy atom. The van der Waals surface area contributed by atoms with Crippen LogP contribution in [0.25, 0.3) is 0 Å². The molecule has 0 N–H and O–H groups in total. The van der Waals surface area contributed by atoms with E-state index in [1.807, 2.05) is 6.21 Å². The van der Waals surface area contributed by atoms with Crippen LogP contribution < -0.4 is 0 Å². The van der Waals surface area contributed by atoms with Gasteiger partial charge in [0, 0.05) is 36.0 Å². The Hall–Kier alpha value is -1.83. The predicted molar refractivity (Wildman–Crippen MR) is 104 cm³/mol. The van der Waals surface area contributed by atoms with Crippen molar-refractivity contribution in [1.29, 1.82) is 0 Å². The molecule has 5 aliphatic rings. The first-order chi connectivity index (χ1) is 12.4. The van der Waals surface area contributed by atoms with Gasteiger partial charge in [-0.05, 0) is 68.1 Å². The van der Waals surface area contributed by atoms with Gasteiger partial charge in [-0.1, -0.05) is 24.3 Å². The van der Waals surface area contributed by atoms with Gasteiger partial charge in [0.2, 0.25) is 0 Å². The van der Waals surface area contributed by atoms with Gasteiger partial charge < -0.3 is 4.90 Å². The van der Waals surface area contributed by atoms with Crippen LogP contribution in [0.1, 0.15) is 44.9 Å². The molecule has 2 heteroatoms. The first-order valence-electron chi connectivity index (χ1n) is 10.1. The molecule has 1 fully saturated rings. The molecular formula is C23H28N2. The van der Waals surface area contributed by atoms with Gasteiger partial charge >= 0.3 is 0 Å². The zero-order valence-corrected chi connectivity index (χ0v) is 15.0. The molecule has 130 valence electrons.